The molecular formula is C8H14O3S. The van der Waals surface area contributed by atoms with Crippen molar-refractivity contribution in [2.45, 2.75) is 24.5 Å². The predicted molar refractivity (Wildman–Crippen MR) is 47.7 cm³/mol. The first-order valence-electron chi connectivity index (χ1n) is 4.08. The number of hydrogen-bond donors (Lipinski definition) is 1. The van der Waals surface area contributed by atoms with Gasteiger partial charge >= 0.3 is 0 Å². The van der Waals surface area contributed by atoms with Crippen LogP contribution < -0.4 is 0 Å². The lowest BCUT2D eigenvalue weighted by Gasteiger charge is -2.22. The lowest BCUT2D eigenvalue weighted by Crippen LogP contribution is -2.30. The molecule has 1 N–H and O–H groups in total. The molecule has 1 heterocycles. The summed E-state index contributed by atoms with van der Waals surface area (Å²) in [5.74, 6) is 0.247. The second kappa shape index (κ2) is 3.58. The van der Waals surface area contributed by atoms with E-state index < -0.39 is 15.1 Å². The van der Waals surface area contributed by atoms with E-state index in [1.54, 1.807) is 0 Å². The van der Waals surface area contributed by atoms with E-state index in [1.165, 1.54) is 0 Å². The highest BCUT2D eigenvalue weighted by molar-refractivity contribution is 7.92. The summed E-state index contributed by atoms with van der Waals surface area (Å²) >= 11 is 0. The van der Waals surface area contributed by atoms with Gasteiger partial charge in [-0.2, -0.15) is 0 Å². The molecule has 0 radical (unpaired) electrons. The minimum atomic E-state index is -2.99. The SMILES string of the molecule is C=C(CO)C1CCCCS1(=O)=O. The number of hydrogen-bond acceptors (Lipinski definition) is 3. The zero-order valence-electron chi connectivity index (χ0n) is 6.99. The van der Waals surface area contributed by atoms with Crippen LogP contribution in [0.25, 0.3) is 0 Å². The van der Waals surface area contributed by atoms with Crippen LogP contribution in [0.15, 0.2) is 12.2 Å². The van der Waals surface area contributed by atoms with Gasteiger partial charge in [-0.3, -0.25) is 0 Å². The standard InChI is InChI=1S/C8H14O3S/c1-7(6-9)8-4-2-3-5-12(8,10)11/h8-9H,1-6H2. The normalized spacial score (nSPS) is 28.2. The quantitative estimate of drug-likeness (QED) is 0.645. The van der Waals surface area contributed by atoms with E-state index in [0.717, 1.165) is 12.8 Å². The van der Waals surface area contributed by atoms with E-state index >= 15 is 0 Å². The topological polar surface area (TPSA) is 54.4 Å². The number of aliphatic hydroxyl groups excluding tert-OH is 1. The highest BCUT2D eigenvalue weighted by Crippen LogP contribution is 2.24. The molecule has 4 heteroatoms. The van der Waals surface area contributed by atoms with E-state index in [2.05, 4.69) is 6.58 Å². The summed E-state index contributed by atoms with van der Waals surface area (Å²) in [6.45, 7) is 3.34. The van der Waals surface area contributed by atoms with Crippen molar-refractivity contribution in [3.05, 3.63) is 12.2 Å². The van der Waals surface area contributed by atoms with E-state index in [0.29, 0.717) is 12.0 Å². The maximum atomic E-state index is 11.4. The minimum Gasteiger partial charge on any atom is -0.392 e. The van der Waals surface area contributed by atoms with Gasteiger partial charge in [0.05, 0.1) is 17.6 Å². The molecule has 0 spiro atoms. The Morgan fingerprint density at radius 2 is 2.17 bits per heavy atom. The van der Waals surface area contributed by atoms with E-state index in [9.17, 15) is 8.42 Å². The molecule has 0 bridgehead atoms. The van der Waals surface area contributed by atoms with Crippen molar-refractivity contribution in [1.82, 2.24) is 0 Å². The fourth-order valence-electron chi connectivity index (χ4n) is 1.51. The number of rotatable bonds is 2. The van der Waals surface area contributed by atoms with Gasteiger partial charge in [0.2, 0.25) is 0 Å². The first kappa shape index (κ1) is 9.74. The zero-order chi connectivity index (χ0) is 9.19. The molecule has 3 nitrogen and oxygen atoms in total. The van der Waals surface area contributed by atoms with Crippen LogP contribution in [0.5, 0.6) is 0 Å². The van der Waals surface area contributed by atoms with Gasteiger partial charge in [0.1, 0.15) is 0 Å². The van der Waals surface area contributed by atoms with Gasteiger partial charge in [-0.15, -0.1) is 0 Å². The van der Waals surface area contributed by atoms with Crippen molar-refractivity contribution in [2.75, 3.05) is 12.4 Å². The molecule has 1 fully saturated rings. The van der Waals surface area contributed by atoms with Crippen LogP contribution in [0, 0.1) is 0 Å². The highest BCUT2D eigenvalue weighted by atomic mass is 32.2. The van der Waals surface area contributed by atoms with Gasteiger partial charge in [-0.05, 0) is 18.4 Å². The van der Waals surface area contributed by atoms with Crippen molar-refractivity contribution in [3.63, 3.8) is 0 Å². The summed E-state index contributed by atoms with van der Waals surface area (Å²) in [5, 5.41) is 8.27. The first-order chi connectivity index (χ1) is 5.58. The summed E-state index contributed by atoms with van der Waals surface area (Å²) < 4.78 is 22.8. The van der Waals surface area contributed by atoms with Crippen LogP contribution in [-0.2, 0) is 9.84 Å². The molecule has 1 saturated heterocycles. The summed E-state index contributed by atoms with van der Waals surface area (Å²) in [6.07, 6.45) is 2.29. The third-order valence-electron chi connectivity index (χ3n) is 2.24. The molecule has 1 aliphatic heterocycles. The summed E-state index contributed by atoms with van der Waals surface area (Å²) in [7, 11) is -2.99. The molecule has 1 rings (SSSR count). The van der Waals surface area contributed by atoms with Crippen LogP contribution in [0.2, 0.25) is 0 Å². The summed E-state index contributed by atoms with van der Waals surface area (Å²) in [4.78, 5) is 0. The van der Waals surface area contributed by atoms with Crippen molar-refractivity contribution >= 4 is 9.84 Å². The molecule has 70 valence electrons. The summed E-state index contributed by atoms with van der Waals surface area (Å²) in [5.41, 5.74) is 0.440. The maximum absolute atomic E-state index is 11.4. The van der Waals surface area contributed by atoms with Gasteiger partial charge in [-0.1, -0.05) is 13.0 Å². The Morgan fingerprint density at radius 1 is 1.50 bits per heavy atom. The lowest BCUT2D eigenvalue weighted by molar-refractivity contribution is 0.325. The zero-order valence-corrected chi connectivity index (χ0v) is 7.81. The Kier molecular flexibility index (Phi) is 2.90. The fourth-order valence-corrected chi connectivity index (χ4v) is 3.51. The minimum absolute atomic E-state index is 0.218. The van der Waals surface area contributed by atoms with Crippen LogP contribution >= 0.6 is 0 Å². The smallest absolute Gasteiger partial charge is 0.157 e. The Bertz CT molecular complexity index is 266. The first-order valence-corrected chi connectivity index (χ1v) is 5.79. The molecule has 0 aromatic rings. The van der Waals surface area contributed by atoms with Crippen molar-refractivity contribution in [2.24, 2.45) is 0 Å². The van der Waals surface area contributed by atoms with Gasteiger partial charge in [0, 0.05) is 0 Å². The number of aliphatic hydroxyl groups is 1. The van der Waals surface area contributed by atoms with Crippen molar-refractivity contribution in [3.8, 4) is 0 Å². The van der Waals surface area contributed by atoms with Gasteiger partial charge in [0.15, 0.2) is 9.84 Å². The second-order valence-electron chi connectivity index (χ2n) is 3.17. The third kappa shape index (κ3) is 1.87. The summed E-state index contributed by atoms with van der Waals surface area (Å²) in [6, 6.07) is 0. The fraction of sp³-hybridized carbons (Fsp3) is 0.750. The molecular weight excluding hydrogens is 176 g/mol. The largest absolute Gasteiger partial charge is 0.392 e. The Morgan fingerprint density at radius 3 is 2.67 bits per heavy atom. The monoisotopic (exact) mass is 190 g/mol. The highest BCUT2D eigenvalue weighted by Gasteiger charge is 2.30. The molecule has 0 aromatic heterocycles. The predicted octanol–water partition coefficient (Wildman–Crippen LogP) is 0.502. The molecule has 1 aliphatic rings. The second-order valence-corrected chi connectivity index (χ2v) is 5.47. The molecule has 0 aliphatic carbocycles. The van der Waals surface area contributed by atoms with Crippen molar-refractivity contribution < 1.29 is 13.5 Å². The average molecular weight is 190 g/mol. The van der Waals surface area contributed by atoms with Crippen LogP contribution in [0.1, 0.15) is 19.3 Å². The Balaban J connectivity index is 2.80. The average Bonchev–Trinajstić information content (AvgIpc) is 2.02. The number of sulfone groups is 1. The molecule has 0 aromatic carbocycles. The van der Waals surface area contributed by atoms with Gasteiger partial charge in [0.25, 0.3) is 0 Å². The molecule has 1 atom stereocenters. The molecule has 12 heavy (non-hydrogen) atoms. The van der Waals surface area contributed by atoms with E-state index in [-0.39, 0.29) is 12.4 Å². The van der Waals surface area contributed by atoms with Crippen LogP contribution in [0.3, 0.4) is 0 Å². The Labute approximate surface area is 73.0 Å². The molecule has 1 unspecified atom stereocenters. The maximum Gasteiger partial charge on any atom is 0.157 e. The van der Waals surface area contributed by atoms with Crippen LogP contribution in [-0.4, -0.2) is 31.1 Å². The molecule has 0 amide bonds. The third-order valence-corrected chi connectivity index (χ3v) is 4.53. The van der Waals surface area contributed by atoms with E-state index in [4.69, 9.17) is 5.11 Å². The molecule has 0 saturated carbocycles. The Hall–Kier alpha value is -0.350. The van der Waals surface area contributed by atoms with Crippen LogP contribution in [0.4, 0.5) is 0 Å². The van der Waals surface area contributed by atoms with Crippen molar-refractivity contribution in [1.29, 1.82) is 0 Å². The van der Waals surface area contributed by atoms with Gasteiger partial charge < -0.3 is 5.11 Å². The van der Waals surface area contributed by atoms with Gasteiger partial charge in [-0.25, -0.2) is 8.42 Å². The van der Waals surface area contributed by atoms with E-state index in [1.807, 2.05) is 0 Å². The lowest BCUT2D eigenvalue weighted by atomic mass is 10.1.